The van der Waals surface area contributed by atoms with Gasteiger partial charge in [-0.2, -0.15) is 0 Å². The van der Waals surface area contributed by atoms with Crippen molar-refractivity contribution in [1.29, 1.82) is 0 Å². The Bertz CT molecular complexity index is 664. The molecule has 8 heteroatoms. The fourth-order valence-electron chi connectivity index (χ4n) is 1.77. The Morgan fingerprint density at radius 3 is 2.83 bits per heavy atom. The monoisotopic (exact) mass is 401 g/mol. The molecule has 124 valence electrons. The van der Waals surface area contributed by atoms with E-state index < -0.39 is 0 Å². The van der Waals surface area contributed by atoms with E-state index in [1.165, 1.54) is 30.2 Å². The summed E-state index contributed by atoms with van der Waals surface area (Å²) in [6, 6.07) is 3.84. The van der Waals surface area contributed by atoms with E-state index in [9.17, 15) is 14.0 Å². The lowest BCUT2D eigenvalue weighted by molar-refractivity contribution is -0.121. The Kier molecular flexibility index (Phi) is 6.61. The van der Waals surface area contributed by atoms with Crippen LogP contribution in [0.5, 0.6) is 0 Å². The molecule has 1 saturated carbocycles. The molecule has 0 spiro atoms. The van der Waals surface area contributed by atoms with E-state index in [1.54, 1.807) is 6.07 Å². The van der Waals surface area contributed by atoms with Crippen molar-refractivity contribution >= 4 is 49.7 Å². The number of amides is 1. The van der Waals surface area contributed by atoms with E-state index in [-0.39, 0.29) is 24.7 Å². The molecular weight excluding hydrogens is 385 g/mol. The highest BCUT2D eigenvalue weighted by atomic mass is 79.9. The van der Waals surface area contributed by atoms with Crippen molar-refractivity contribution in [3.63, 3.8) is 0 Å². The molecule has 0 saturated heterocycles. The molecule has 5 nitrogen and oxygen atoms in total. The number of hydrogen-bond donors (Lipinski definition) is 2. The smallest absolute Gasteiger partial charge is 0.227 e. The summed E-state index contributed by atoms with van der Waals surface area (Å²) in [4.78, 5) is 25.7. The number of hydrogen-bond acceptors (Lipinski definition) is 5. The molecule has 0 aliphatic heterocycles. The zero-order valence-electron chi connectivity index (χ0n) is 12.6. The van der Waals surface area contributed by atoms with Gasteiger partial charge in [-0.05, 0) is 41.9 Å². The Labute approximate surface area is 145 Å². The minimum atomic E-state index is -0.384. The maximum absolute atomic E-state index is 13.3. The number of halogens is 2. The first kappa shape index (κ1) is 18.0. The molecule has 1 fully saturated rings. The molecule has 3 rings (SSSR count). The topological polar surface area (TPSA) is 71.1 Å². The predicted octanol–water partition coefficient (Wildman–Crippen LogP) is 2.42. The number of thiazole rings is 1. The number of carbonyl (C=O) groups is 2. The van der Waals surface area contributed by atoms with E-state index in [0.717, 1.165) is 10.7 Å². The highest BCUT2D eigenvalue weighted by Crippen LogP contribution is 2.28. The van der Waals surface area contributed by atoms with Crippen molar-refractivity contribution in [2.75, 3.05) is 13.6 Å². The van der Waals surface area contributed by atoms with Crippen LogP contribution in [0.2, 0.25) is 0 Å². The fraction of sp³-hybridized carbons (Fsp3) is 0.400. The van der Waals surface area contributed by atoms with Crippen LogP contribution in [-0.2, 0) is 16.0 Å². The molecule has 1 amide bonds. The molecule has 0 atom stereocenters. The molecule has 23 heavy (non-hydrogen) atoms. The van der Waals surface area contributed by atoms with Gasteiger partial charge in [-0.25, -0.2) is 9.37 Å². The van der Waals surface area contributed by atoms with Gasteiger partial charge >= 0.3 is 0 Å². The summed E-state index contributed by atoms with van der Waals surface area (Å²) in [5, 5.41) is 6.15. The molecule has 1 heterocycles. The molecule has 2 aromatic rings. The summed E-state index contributed by atoms with van der Waals surface area (Å²) >= 11 is 4.42. The van der Waals surface area contributed by atoms with Crippen LogP contribution in [0.3, 0.4) is 0 Å². The van der Waals surface area contributed by atoms with E-state index in [0.29, 0.717) is 21.3 Å². The summed E-state index contributed by atoms with van der Waals surface area (Å²) in [6.07, 6.45) is 3.50. The van der Waals surface area contributed by atoms with Crippen molar-refractivity contribution in [3.8, 4) is 0 Å². The van der Waals surface area contributed by atoms with Gasteiger partial charge in [0.2, 0.25) is 5.91 Å². The van der Waals surface area contributed by atoms with Gasteiger partial charge < -0.3 is 15.4 Å². The van der Waals surface area contributed by atoms with E-state index >= 15 is 0 Å². The van der Waals surface area contributed by atoms with Crippen molar-refractivity contribution in [2.24, 2.45) is 0 Å². The minimum absolute atomic E-state index is 0.0100. The normalized spacial score (nSPS) is 13.3. The average molecular weight is 402 g/mol. The zero-order valence-corrected chi connectivity index (χ0v) is 15.0. The minimum Gasteiger partial charge on any atom is -0.349 e. The Hall–Kier alpha value is -1.38. The quantitative estimate of drug-likeness (QED) is 0.754. The second kappa shape index (κ2) is 8.47. The molecule has 2 N–H and O–H groups in total. The van der Waals surface area contributed by atoms with Crippen molar-refractivity contribution < 1.29 is 14.0 Å². The van der Waals surface area contributed by atoms with E-state index in [1.807, 2.05) is 7.05 Å². The number of benzene rings is 1. The van der Waals surface area contributed by atoms with Crippen molar-refractivity contribution in [1.82, 2.24) is 15.6 Å². The van der Waals surface area contributed by atoms with Gasteiger partial charge in [0.15, 0.2) is 0 Å². The largest absolute Gasteiger partial charge is 0.349 e. The maximum Gasteiger partial charge on any atom is 0.227 e. The third-order valence-corrected chi connectivity index (χ3v) is 4.78. The fourth-order valence-corrected chi connectivity index (χ4v) is 3.26. The first-order valence-electron chi connectivity index (χ1n) is 7.15. The number of nitrogens with one attached hydrogen (secondary N) is 2. The van der Waals surface area contributed by atoms with Gasteiger partial charge in [-0.1, -0.05) is 0 Å². The van der Waals surface area contributed by atoms with Gasteiger partial charge in [-0.15, -0.1) is 11.3 Å². The first-order valence-corrected chi connectivity index (χ1v) is 8.76. The maximum atomic E-state index is 13.3. The number of carbonyl (C=O) groups excluding carboxylic acids is 2. The third-order valence-electron chi connectivity index (χ3n) is 3.15. The summed E-state index contributed by atoms with van der Waals surface area (Å²) in [7, 11) is 2.01. The average Bonchev–Trinajstić information content (AvgIpc) is 3.29. The summed E-state index contributed by atoms with van der Waals surface area (Å²) in [5.74, 6) is -0.662. The molecule has 1 aromatic carbocycles. The Morgan fingerprint density at radius 2 is 2.26 bits per heavy atom. The SMILES string of the molecule is CNC1CC1.O=CCNC(=O)Cc1nc2cc(F)c(Br)cc2s1. The summed E-state index contributed by atoms with van der Waals surface area (Å²) < 4.78 is 14.5. The molecule has 0 unspecified atom stereocenters. The van der Waals surface area contributed by atoms with Gasteiger partial charge in [0.25, 0.3) is 0 Å². The number of aldehydes is 1. The summed E-state index contributed by atoms with van der Waals surface area (Å²) in [5.41, 5.74) is 0.527. The van der Waals surface area contributed by atoms with Crippen LogP contribution in [0.4, 0.5) is 4.39 Å². The van der Waals surface area contributed by atoms with E-state index in [4.69, 9.17) is 0 Å². The summed E-state index contributed by atoms with van der Waals surface area (Å²) in [6.45, 7) is -0.0100. The van der Waals surface area contributed by atoms with Gasteiger partial charge in [0, 0.05) is 12.1 Å². The number of fused-ring (bicyclic) bond motifs is 1. The zero-order chi connectivity index (χ0) is 16.8. The molecule has 1 aromatic heterocycles. The third kappa shape index (κ3) is 5.63. The molecule has 1 aliphatic carbocycles. The van der Waals surface area contributed by atoms with Crippen LogP contribution in [0.25, 0.3) is 10.2 Å². The molecule has 1 aliphatic rings. The van der Waals surface area contributed by atoms with Crippen molar-refractivity contribution in [3.05, 3.63) is 27.4 Å². The van der Waals surface area contributed by atoms with E-state index in [2.05, 4.69) is 31.5 Å². The molecular formula is C15H17BrFN3O2S. The standard InChI is InChI=1S/C11H8BrFN2O2S.C4H9N/c12-6-3-9-8(4-7(6)13)15-11(18-9)5-10(17)14-1-2-16;1-5-4-2-3-4/h2-4H,1,5H2,(H,14,17);4-5H,2-3H2,1H3. The predicted molar refractivity (Wildman–Crippen MR) is 92.1 cm³/mol. The van der Waals surface area contributed by atoms with Crippen molar-refractivity contribution in [2.45, 2.75) is 25.3 Å². The van der Waals surface area contributed by atoms with Gasteiger partial charge in [-0.3, -0.25) is 4.79 Å². The molecule has 0 radical (unpaired) electrons. The van der Waals surface area contributed by atoms with Crippen LogP contribution in [-0.4, -0.2) is 36.8 Å². The molecule has 0 bridgehead atoms. The Balaban J connectivity index is 0.000000326. The lowest BCUT2D eigenvalue weighted by Crippen LogP contribution is -2.26. The van der Waals surface area contributed by atoms with Crippen LogP contribution in [0.15, 0.2) is 16.6 Å². The van der Waals surface area contributed by atoms with Crippen LogP contribution in [0.1, 0.15) is 17.8 Å². The van der Waals surface area contributed by atoms with Crippen LogP contribution >= 0.6 is 27.3 Å². The Morgan fingerprint density at radius 1 is 1.52 bits per heavy atom. The number of nitrogens with zero attached hydrogens (tertiary/aromatic N) is 1. The second-order valence-electron chi connectivity index (χ2n) is 5.05. The lowest BCUT2D eigenvalue weighted by atomic mass is 10.3. The van der Waals surface area contributed by atoms with Crippen LogP contribution in [0, 0.1) is 5.82 Å². The van der Waals surface area contributed by atoms with Gasteiger partial charge in [0.05, 0.1) is 27.7 Å². The lowest BCUT2D eigenvalue weighted by Gasteiger charge is -1.96. The van der Waals surface area contributed by atoms with Gasteiger partial charge in [0.1, 0.15) is 17.1 Å². The number of rotatable bonds is 5. The number of aromatic nitrogens is 1. The van der Waals surface area contributed by atoms with Crippen LogP contribution < -0.4 is 10.6 Å². The highest BCUT2D eigenvalue weighted by Gasteiger charge is 2.17. The first-order chi connectivity index (χ1) is 11.0. The highest BCUT2D eigenvalue weighted by molar-refractivity contribution is 9.10. The second-order valence-corrected chi connectivity index (χ2v) is 7.02.